The molecular formula is C50H41NS2. The van der Waals surface area contributed by atoms with Crippen LogP contribution in [0, 0.1) is 0 Å². The molecule has 10 rings (SSSR count). The van der Waals surface area contributed by atoms with Crippen LogP contribution in [0.1, 0.15) is 56.1 Å². The van der Waals surface area contributed by atoms with E-state index in [-0.39, 0.29) is 5.41 Å². The zero-order chi connectivity index (χ0) is 35.2. The van der Waals surface area contributed by atoms with E-state index in [4.69, 9.17) is 0 Å². The summed E-state index contributed by atoms with van der Waals surface area (Å²) in [6.07, 6.45) is 8.97. The number of anilines is 3. The molecule has 1 fully saturated rings. The molecule has 1 nitrogen and oxygen atoms in total. The van der Waals surface area contributed by atoms with E-state index in [0.29, 0.717) is 0 Å². The maximum Gasteiger partial charge on any atom is 0.0476 e. The zero-order valence-corrected chi connectivity index (χ0v) is 31.4. The molecule has 0 radical (unpaired) electrons. The van der Waals surface area contributed by atoms with Gasteiger partial charge in [0.25, 0.3) is 0 Å². The van der Waals surface area contributed by atoms with Gasteiger partial charge in [-0.05, 0) is 89.7 Å². The summed E-state index contributed by atoms with van der Waals surface area (Å²) in [6.45, 7) is 0. The minimum atomic E-state index is 0.0450. The third-order valence-corrected chi connectivity index (χ3v) is 13.9. The molecule has 0 bridgehead atoms. The molecule has 2 aromatic heterocycles. The van der Waals surface area contributed by atoms with E-state index < -0.39 is 0 Å². The van der Waals surface area contributed by atoms with Crippen LogP contribution in [-0.4, -0.2) is 0 Å². The van der Waals surface area contributed by atoms with E-state index in [0.717, 1.165) is 0 Å². The summed E-state index contributed by atoms with van der Waals surface area (Å²) < 4.78 is 5.29. The number of rotatable bonds is 6. The molecule has 1 aliphatic carbocycles. The molecule has 0 unspecified atom stereocenters. The van der Waals surface area contributed by atoms with Gasteiger partial charge in [0.15, 0.2) is 0 Å². The number of thiophene rings is 2. The first-order valence-electron chi connectivity index (χ1n) is 19.1. The molecule has 2 heterocycles. The van der Waals surface area contributed by atoms with Crippen molar-refractivity contribution in [3.63, 3.8) is 0 Å². The Bertz CT molecular complexity index is 2700. The summed E-state index contributed by atoms with van der Waals surface area (Å²) in [5.41, 5.74) is 9.05. The van der Waals surface area contributed by atoms with Crippen molar-refractivity contribution in [1.29, 1.82) is 0 Å². The largest absolute Gasteiger partial charge is 0.310 e. The van der Waals surface area contributed by atoms with Gasteiger partial charge in [-0.25, -0.2) is 0 Å². The molecule has 0 amide bonds. The first kappa shape index (κ1) is 32.4. The second kappa shape index (κ2) is 13.6. The van der Waals surface area contributed by atoms with Crippen LogP contribution >= 0.6 is 22.7 Å². The maximum absolute atomic E-state index is 2.48. The second-order valence-corrected chi connectivity index (χ2v) is 16.9. The number of hydrogen-bond acceptors (Lipinski definition) is 3. The highest BCUT2D eigenvalue weighted by Crippen LogP contribution is 2.47. The molecule has 53 heavy (non-hydrogen) atoms. The molecule has 9 aromatic rings. The standard InChI is InChI=1S/C50H41NS2/c1-2-12-31-50(32-13-3-1,36-17-8-5-9-18-36)37-23-25-38(26-24-37)51(40-27-29-43-42-19-10-11-21-45(42)53-48(43)34-40)39-28-30-46-44(33-39)49-41(20-14-22-47(49)52-46)35-15-6-4-7-16-35/h4-11,14-30,33-34H,1-3,12-13,31-32H2. The predicted octanol–water partition coefficient (Wildman–Crippen LogP) is 15.6. The Hall–Kier alpha value is -5.22. The van der Waals surface area contributed by atoms with E-state index in [2.05, 4.69) is 169 Å². The predicted molar refractivity (Wildman–Crippen MR) is 232 cm³/mol. The highest BCUT2D eigenvalue weighted by molar-refractivity contribution is 7.26. The molecule has 0 atom stereocenters. The van der Waals surface area contributed by atoms with Gasteiger partial charge in [0, 0.05) is 62.8 Å². The van der Waals surface area contributed by atoms with Crippen molar-refractivity contribution in [2.45, 2.75) is 50.4 Å². The van der Waals surface area contributed by atoms with Crippen LogP contribution in [0.4, 0.5) is 17.1 Å². The Morgan fingerprint density at radius 1 is 0.396 bits per heavy atom. The maximum atomic E-state index is 2.48. The molecule has 1 aliphatic rings. The van der Waals surface area contributed by atoms with E-state index in [1.54, 1.807) is 0 Å². The second-order valence-electron chi connectivity index (χ2n) is 14.7. The van der Waals surface area contributed by atoms with Crippen molar-refractivity contribution < 1.29 is 0 Å². The van der Waals surface area contributed by atoms with Gasteiger partial charge >= 0.3 is 0 Å². The van der Waals surface area contributed by atoms with Crippen LogP contribution in [0.3, 0.4) is 0 Å². The molecule has 0 aliphatic heterocycles. The monoisotopic (exact) mass is 719 g/mol. The molecule has 7 aromatic carbocycles. The van der Waals surface area contributed by atoms with E-state index in [1.165, 1.54) is 125 Å². The lowest BCUT2D eigenvalue weighted by molar-refractivity contribution is 0.366. The van der Waals surface area contributed by atoms with Crippen LogP contribution in [-0.2, 0) is 5.41 Å². The molecule has 0 saturated heterocycles. The van der Waals surface area contributed by atoms with Gasteiger partial charge in [-0.15, -0.1) is 22.7 Å². The van der Waals surface area contributed by atoms with Crippen LogP contribution < -0.4 is 4.90 Å². The van der Waals surface area contributed by atoms with Crippen molar-refractivity contribution in [3.05, 3.63) is 175 Å². The molecular weight excluding hydrogens is 679 g/mol. The average molecular weight is 720 g/mol. The lowest BCUT2D eigenvalue weighted by Gasteiger charge is -2.37. The minimum Gasteiger partial charge on any atom is -0.310 e. The smallest absolute Gasteiger partial charge is 0.0476 e. The highest BCUT2D eigenvalue weighted by atomic mass is 32.1. The molecule has 1 saturated carbocycles. The molecule has 0 N–H and O–H groups in total. The summed E-state index contributed by atoms with van der Waals surface area (Å²) in [7, 11) is 0. The van der Waals surface area contributed by atoms with Crippen molar-refractivity contribution >= 4 is 80.1 Å². The Balaban J connectivity index is 1.15. The summed E-state index contributed by atoms with van der Waals surface area (Å²) in [5, 5.41) is 5.31. The van der Waals surface area contributed by atoms with Gasteiger partial charge in [-0.2, -0.15) is 0 Å². The van der Waals surface area contributed by atoms with E-state index >= 15 is 0 Å². The fourth-order valence-corrected chi connectivity index (χ4v) is 11.3. The quantitative estimate of drug-likeness (QED) is 0.165. The Kier molecular flexibility index (Phi) is 8.35. The summed E-state index contributed by atoms with van der Waals surface area (Å²) >= 11 is 3.77. The van der Waals surface area contributed by atoms with Crippen molar-refractivity contribution in [1.82, 2.24) is 0 Å². The van der Waals surface area contributed by atoms with Gasteiger partial charge in [0.2, 0.25) is 0 Å². The first-order valence-corrected chi connectivity index (χ1v) is 20.8. The number of fused-ring (bicyclic) bond motifs is 6. The lowest BCUT2D eigenvalue weighted by Crippen LogP contribution is -2.29. The minimum absolute atomic E-state index is 0.0450. The first-order chi connectivity index (χ1) is 26.2. The summed E-state index contributed by atoms with van der Waals surface area (Å²) in [4.78, 5) is 2.48. The van der Waals surface area contributed by atoms with Gasteiger partial charge in [-0.1, -0.05) is 141 Å². The number of benzene rings is 7. The van der Waals surface area contributed by atoms with Gasteiger partial charge in [0.1, 0.15) is 0 Å². The normalized spacial score (nSPS) is 14.8. The van der Waals surface area contributed by atoms with E-state index in [1.807, 2.05) is 22.7 Å². The topological polar surface area (TPSA) is 3.24 Å². The Labute approximate surface area is 319 Å². The van der Waals surface area contributed by atoms with E-state index in [9.17, 15) is 0 Å². The Morgan fingerprint density at radius 2 is 0.981 bits per heavy atom. The van der Waals surface area contributed by atoms with Gasteiger partial charge in [0.05, 0.1) is 0 Å². The molecule has 0 spiro atoms. The van der Waals surface area contributed by atoms with Gasteiger partial charge < -0.3 is 4.90 Å². The fraction of sp³-hybridized carbons (Fsp3) is 0.160. The van der Waals surface area contributed by atoms with Crippen LogP contribution in [0.15, 0.2) is 164 Å². The van der Waals surface area contributed by atoms with Crippen LogP contribution in [0.25, 0.3) is 51.5 Å². The lowest BCUT2D eigenvalue weighted by atomic mass is 9.67. The number of nitrogens with zero attached hydrogens (tertiary/aromatic N) is 1. The van der Waals surface area contributed by atoms with Crippen molar-refractivity contribution in [3.8, 4) is 11.1 Å². The molecule has 3 heteroatoms. The summed E-state index contributed by atoms with van der Waals surface area (Å²) in [6, 6.07) is 61.5. The highest BCUT2D eigenvalue weighted by Gasteiger charge is 2.34. The Morgan fingerprint density at radius 3 is 1.79 bits per heavy atom. The zero-order valence-electron chi connectivity index (χ0n) is 29.8. The number of hydrogen-bond donors (Lipinski definition) is 0. The van der Waals surface area contributed by atoms with Crippen LogP contribution in [0.5, 0.6) is 0 Å². The SMILES string of the molecule is c1ccc(-c2cccc3sc4ccc(N(c5ccc(C6(c7ccccc7)CCCCCCC6)cc5)c5ccc6c(c5)sc5ccccc56)cc4c23)cc1. The van der Waals surface area contributed by atoms with Crippen molar-refractivity contribution in [2.75, 3.05) is 4.90 Å². The fourth-order valence-electron chi connectivity index (χ4n) is 9.05. The third kappa shape index (κ3) is 5.75. The average Bonchev–Trinajstić information content (AvgIpc) is 3.77. The summed E-state index contributed by atoms with van der Waals surface area (Å²) in [5.74, 6) is 0. The van der Waals surface area contributed by atoms with Crippen molar-refractivity contribution in [2.24, 2.45) is 0 Å². The molecule has 258 valence electrons. The van der Waals surface area contributed by atoms with Gasteiger partial charge in [-0.3, -0.25) is 0 Å². The third-order valence-electron chi connectivity index (χ3n) is 11.7. The van der Waals surface area contributed by atoms with Crippen LogP contribution in [0.2, 0.25) is 0 Å².